The number of hydrogen-bond acceptors (Lipinski definition) is 5. The molecule has 0 aliphatic carbocycles. The second-order valence-corrected chi connectivity index (χ2v) is 5.64. The van der Waals surface area contributed by atoms with E-state index in [4.69, 9.17) is 14.2 Å². The smallest absolute Gasteiger partial charge is 0.348 e. The van der Waals surface area contributed by atoms with Crippen LogP contribution in [0, 0.1) is 0 Å². The lowest BCUT2D eigenvalue weighted by Crippen LogP contribution is -2.41. The van der Waals surface area contributed by atoms with Crippen LogP contribution in [0.2, 0.25) is 0 Å². The van der Waals surface area contributed by atoms with E-state index in [-0.39, 0.29) is 5.57 Å². The minimum absolute atomic E-state index is 0.125. The van der Waals surface area contributed by atoms with Gasteiger partial charge in [-0.25, -0.2) is 9.59 Å². The number of benzene rings is 2. The van der Waals surface area contributed by atoms with Crippen LogP contribution in [0.4, 0.5) is 0 Å². The highest BCUT2D eigenvalue weighted by Gasteiger charge is 2.38. The molecule has 118 valence electrons. The van der Waals surface area contributed by atoms with Gasteiger partial charge in [-0.2, -0.15) is 0 Å². The highest BCUT2D eigenvalue weighted by atomic mass is 16.7. The molecular weight excluding hydrogens is 296 g/mol. The van der Waals surface area contributed by atoms with E-state index in [0.29, 0.717) is 5.56 Å². The van der Waals surface area contributed by atoms with Crippen LogP contribution in [-0.4, -0.2) is 24.8 Å². The fraction of sp³-hybridized carbons (Fsp3) is 0.222. The van der Waals surface area contributed by atoms with E-state index >= 15 is 0 Å². The van der Waals surface area contributed by atoms with Gasteiger partial charge in [-0.05, 0) is 23.1 Å². The van der Waals surface area contributed by atoms with Crippen molar-refractivity contribution < 1.29 is 23.8 Å². The molecule has 0 radical (unpaired) electrons. The third-order valence-electron chi connectivity index (χ3n) is 3.55. The molecule has 0 atom stereocenters. The Balaban J connectivity index is 2.11. The van der Waals surface area contributed by atoms with E-state index in [1.165, 1.54) is 19.9 Å². The molecule has 2 aromatic carbocycles. The Labute approximate surface area is 133 Å². The highest BCUT2D eigenvalue weighted by molar-refractivity contribution is 6.19. The normalized spacial score (nSPS) is 16.7. The molecule has 1 fully saturated rings. The Morgan fingerprint density at radius 1 is 0.957 bits per heavy atom. The summed E-state index contributed by atoms with van der Waals surface area (Å²) in [5.74, 6) is -1.90. The summed E-state index contributed by atoms with van der Waals surface area (Å²) in [4.78, 5) is 24.1. The first-order valence-corrected chi connectivity index (χ1v) is 7.15. The average molecular weight is 312 g/mol. The third kappa shape index (κ3) is 2.77. The van der Waals surface area contributed by atoms with Crippen molar-refractivity contribution in [2.24, 2.45) is 0 Å². The number of ether oxygens (including phenoxy) is 3. The van der Waals surface area contributed by atoms with E-state index in [2.05, 4.69) is 0 Å². The second kappa shape index (κ2) is 5.43. The fourth-order valence-electron chi connectivity index (χ4n) is 2.53. The summed E-state index contributed by atoms with van der Waals surface area (Å²) in [5, 5.41) is 1.76. The maximum absolute atomic E-state index is 12.1. The summed E-state index contributed by atoms with van der Waals surface area (Å²) in [7, 11) is 1.60. The van der Waals surface area contributed by atoms with E-state index in [0.717, 1.165) is 16.5 Å². The van der Waals surface area contributed by atoms with Gasteiger partial charge in [0, 0.05) is 19.2 Å². The summed E-state index contributed by atoms with van der Waals surface area (Å²) >= 11 is 0. The van der Waals surface area contributed by atoms with Crippen LogP contribution in [0.5, 0.6) is 5.75 Å². The molecule has 5 nitrogen and oxygen atoms in total. The largest absolute Gasteiger partial charge is 0.496 e. The summed E-state index contributed by atoms with van der Waals surface area (Å²) in [6.45, 7) is 3.03. The Morgan fingerprint density at radius 2 is 1.57 bits per heavy atom. The summed E-state index contributed by atoms with van der Waals surface area (Å²) in [6, 6.07) is 11.2. The standard InChI is InChI=1S/C18H16O5/c1-18(2)22-16(19)14(17(20)23-18)10-11-8-9-15(21-3)13-7-5-4-6-12(11)13/h4-10H,1-3H3. The molecule has 23 heavy (non-hydrogen) atoms. The highest BCUT2D eigenvalue weighted by Crippen LogP contribution is 2.31. The van der Waals surface area contributed by atoms with Crippen molar-refractivity contribution >= 4 is 28.8 Å². The number of fused-ring (bicyclic) bond motifs is 1. The van der Waals surface area contributed by atoms with E-state index in [9.17, 15) is 9.59 Å². The molecule has 0 spiro atoms. The van der Waals surface area contributed by atoms with Crippen LogP contribution in [0.1, 0.15) is 19.4 Å². The average Bonchev–Trinajstić information content (AvgIpc) is 2.50. The van der Waals surface area contributed by atoms with Crippen LogP contribution in [0.3, 0.4) is 0 Å². The number of carbonyl (C=O) groups is 2. The number of rotatable bonds is 2. The van der Waals surface area contributed by atoms with Gasteiger partial charge in [-0.1, -0.05) is 30.3 Å². The number of esters is 2. The zero-order valence-corrected chi connectivity index (χ0v) is 13.1. The van der Waals surface area contributed by atoms with Crippen molar-refractivity contribution in [2.75, 3.05) is 7.11 Å². The molecule has 1 aliphatic rings. The molecule has 0 N–H and O–H groups in total. The zero-order chi connectivity index (χ0) is 16.6. The fourth-order valence-corrected chi connectivity index (χ4v) is 2.53. The summed E-state index contributed by atoms with van der Waals surface area (Å²) in [5.41, 5.74) is 0.588. The minimum atomic E-state index is -1.24. The lowest BCUT2D eigenvalue weighted by molar-refractivity contribution is -0.222. The van der Waals surface area contributed by atoms with Crippen molar-refractivity contribution in [3.63, 3.8) is 0 Å². The van der Waals surface area contributed by atoms with Crippen molar-refractivity contribution in [2.45, 2.75) is 19.6 Å². The molecule has 2 aromatic rings. The van der Waals surface area contributed by atoms with Gasteiger partial charge in [0.15, 0.2) is 0 Å². The van der Waals surface area contributed by atoms with Gasteiger partial charge in [-0.15, -0.1) is 0 Å². The monoisotopic (exact) mass is 312 g/mol. The minimum Gasteiger partial charge on any atom is -0.496 e. The quantitative estimate of drug-likeness (QED) is 0.484. The van der Waals surface area contributed by atoms with Crippen LogP contribution < -0.4 is 4.74 Å². The van der Waals surface area contributed by atoms with Gasteiger partial charge in [0.25, 0.3) is 5.79 Å². The Kier molecular flexibility index (Phi) is 3.56. The molecule has 0 aromatic heterocycles. The van der Waals surface area contributed by atoms with E-state index in [1.54, 1.807) is 19.2 Å². The first-order chi connectivity index (χ1) is 10.9. The van der Waals surface area contributed by atoms with Crippen molar-refractivity contribution in [3.8, 4) is 5.75 Å². The lowest BCUT2D eigenvalue weighted by atomic mass is 10.0. The van der Waals surface area contributed by atoms with Crippen molar-refractivity contribution in [3.05, 3.63) is 47.5 Å². The molecule has 1 aliphatic heterocycles. The van der Waals surface area contributed by atoms with Gasteiger partial charge in [0.2, 0.25) is 0 Å². The molecular formula is C18H16O5. The Hall–Kier alpha value is -2.82. The number of carbonyl (C=O) groups excluding carboxylic acids is 2. The summed E-state index contributed by atoms with van der Waals surface area (Å²) < 4.78 is 15.6. The Morgan fingerprint density at radius 3 is 2.17 bits per heavy atom. The topological polar surface area (TPSA) is 61.8 Å². The number of cyclic esters (lactones) is 2. The molecule has 1 heterocycles. The second-order valence-electron chi connectivity index (χ2n) is 5.64. The molecule has 3 rings (SSSR count). The molecule has 0 unspecified atom stereocenters. The van der Waals surface area contributed by atoms with Crippen molar-refractivity contribution in [1.29, 1.82) is 0 Å². The predicted octanol–water partition coefficient (Wildman–Crippen LogP) is 3.07. The number of hydrogen-bond donors (Lipinski definition) is 0. The van der Waals surface area contributed by atoms with E-state index < -0.39 is 17.7 Å². The zero-order valence-electron chi connectivity index (χ0n) is 13.1. The van der Waals surface area contributed by atoms with Crippen molar-refractivity contribution in [1.82, 2.24) is 0 Å². The molecule has 5 heteroatoms. The molecule has 1 saturated heterocycles. The van der Waals surface area contributed by atoms with Gasteiger partial charge >= 0.3 is 11.9 Å². The maximum Gasteiger partial charge on any atom is 0.348 e. The van der Waals surface area contributed by atoms with Gasteiger partial charge in [-0.3, -0.25) is 0 Å². The maximum atomic E-state index is 12.1. The molecule has 0 bridgehead atoms. The van der Waals surface area contributed by atoms with Crippen LogP contribution in [-0.2, 0) is 19.1 Å². The Bertz CT molecular complexity index is 810. The SMILES string of the molecule is COc1ccc(C=C2C(=O)OC(C)(C)OC2=O)c2ccccc12. The first-order valence-electron chi connectivity index (χ1n) is 7.15. The summed E-state index contributed by atoms with van der Waals surface area (Å²) in [6.07, 6.45) is 1.49. The molecule has 0 saturated carbocycles. The first kappa shape index (κ1) is 15.1. The predicted molar refractivity (Wildman–Crippen MR) is 84.7 cm³/mol. The van der Waals surface area contributed by atoms with Crippen LogP contribution in [0.15, 0.2) is 42.0 Å². The van der Waals surface area contributed by atoms with Crippen LogP contribution >= 0.6 is 0 Å². The van der Waals surface area contributed by atoms with Gasteiger partial charge < -0.3 is 14.2 Å². The van der Waals surface area contributed by atoms with Gasteiger partial charge in [0.05, 0.1) is 7.11 Å². The van der Waals surface area contributed by atoms with Crippen LogP contribution in [0.25, 0.3) is 16.8 Å². The lowest BCUT2D eigenvalue weighted by Gasteiger charge is -2.29. The molecule has 0 amide bonds. The van der Waals surface area contributed by atoms with E-state index in [1.807, 2.05) is 24.3 Å². The number of methoxy groups -OCH3 is 1. The van der Waals surface area contributed by atoms with Gasteiger partial charge in [0.1, 0.15) is 11.3 Å². The third-order valence-corrected chi connectivity index (χ3v) is 3.55.